The third-order valence-corrected chi connectivity index (χ3v) is 4.88. The lowest BCUT2D eigenvalue weighted by atomic mass is 10.1. The van der Waals surface area contributed by atoms with Gasteiger partial charge in [0, 0.05) is 22.7 Å². The summed E-state index contributed by atoms with van der Waals surface area (Å²) in [5.41, 5.74) is 0.783. The summed E-state index contributed by atoms with van der Waals surface area (Å²) in [6.07, 6.45) is -2.75. The molecule has 4 rings (SSSR count). The molecular weight excluding hydrogens is 391 g/mol. The first-order valence-corrected chi connectivity index (χ1v) is 9.13. The highest BCUT2D eigenvalue weighted by Crippen LogP contribution is 2.31. The number of ketones is 1. The van der Waals surface area contributed by atoms with Crippen LogP contribution in [0.5, 0.6) is 0 Å². The fourth-order valence-corrected chi connectivity index (χ4v) is 3.36. The minimum absolute atomic E-state index is 0.0151. The van der Waals surface area contributed by atoms with E-state index < -0.39 is 17.5 Å². The van der Waals surface area contributed by atoms with Crippen LogP contribution >= 0.6 is 11.8 Å². The molecule has 0 fully saturated rings. The number of fused-ring (bicyclic) bond motifs is 1. The van der Waals surface area contributed by atoms with E-state index in [1.54, 1.807) is 6.20 Å². The number of Topliss-reactive ketones (excluding diaryl/α,β-unsaturated/α-hetero) is 1. The van der Waals surface area contributed by atoms with Crippen LogP contribution in [0.3, 0.4) is 0 Å². The van der Waals surface area contributed by atoms with Gasteiger partial charge in [-0.05, 0) is 18.2 Å². The topological polar surface area (TPSA) is 71.8 Å². The molecule has 5 nitrogen and oxygen atoms in total. The number of benzene rings is 2. The van der Waals surface area contributed by atoms with E-state index in [1.807, 2.05) is 24.3 Å². The highest BCUT2D eigenvalue weighted by Gasteiger charge is 2.30. The molecule has 9 heteroatoms. The maximum Gasteiger partial charge on any atom is 0.416 e. The lowest BCUT2D eigenvalue weighted by molar-refractivity contribution is -0.137. The summed E-state index contributed by atoms with van der Waals surface area (Å²) in [6, 6.07) is 11.9. The van der Waals surface area contributed by atoms with E-state index in [-0.39, 0.29) is 16.5 Å². The number of nitrogens with one attached hydrogen (secondary N) is 1. The third kappa shape index (κ3) is 3.65. The highest BCUT2D eigenvalue weighted by atomic mass is 32.2. The molecule has 4 aromatic rings. The average Bonchev–Trinajstić information content (AvgIpc) is 3.32. The Morgan fingerprint density at radius 3 is 2.75 bits per heavy atom. The van der Waals surface area contributed by atoms with Gasteiger partial charge in [0.25, 0.3) is 11.1 Å². The van der Waals surface area contributed by atoms with E-state index in [2.05, 4.69) is 15.2 Å². The molecule has 2 heterocycles. The highest BCUT2D eigenvalue weighted by molar-refractivity contribution is 7.99. The number of hydrogen-bond donors (Lipinski definition) is 1. The van der Waals surface area contributed by atoms with Crippen molar-refractivity contribution in [3.63, 3.8) is 0 Å². The predicted octanol–water partition coefficient (Wildman–Crippen LogP) is 5.21. The molecule has 0 radical (unpaired) electrons. The lowest BCUT2D eigenvalue weighted by Gasteiger charge is -2.07. The van der Waals surface area contributed by atoms with Crippen LogP contribution in [-0.2, 0) is 6.18 Å². The fraction of sp³-hybridized carbons (Fsp3) is 0.105. The summed E-state index contributed by atoms with van der Waals surface area (Å²) < 4.78 is 43.9. The summed E-state index contributed by atoms with van der Waals surface area (Å²) in [5, 5.41) is 8.98. The second-order valence-electron chi connectivity index (χ2n) is 5.91. The van der Waals surface area contributed by atoms with Crippen molar-refractivity contribution in [2.45, 2.75) is 11.4 Å². The number of aromatic amines is 1. The van der Waals surface area contributed by atoms with E-state index in [4.69, 9.17) is 4.42 Å². The zero-order valence-corrected chi connectivity index (χ0v) is 15.0. The van der Waals surface area contributed by atoms with Gasteiger partial charge in [0.2, 0.25) is 0 Å². The summed E-state index contributed by atoms with van der Waals surface area (Å²) in [4.78, 5) is 15.3. The Morgan fingerprint density at radius 1 is 1.11 bits per heavy atom. The predicted molar refractivity (Wildman–Crippen MR) is 98.1 cm³/mol. The second kappa shape index (κ2) is 7.16. The molecule has 28 heavy (non-hydrogen) atoms. The van der Waals surface area contributed by atoms with Crippen molar-refractivity contribution in [3.05, 3.63) is 65.9 Å². The Kier molecular flexibility index (Phi) is 4.68. The molecule has 1 N–H and O–H groups in total. The van der Waals surface area contributed by atoms with Gasteiger partial charge in [0.1, 0.15) is 0 Å². The monoisotopic (exact) mass is 403 g/mol. The van der Waals surface area contributed by atoms with Gasteiger partial charge >= 0.3 is 6.18 Å². The Morgan fingerprint density at radius 2 is 1.93 bits per heavy atom. The molecule has 0 saturated heterocycles. The lowest BCUT2D eigenvalue weighted by Crippen LogP contribution is -2.08. The first-order chi connectivity index (χ1) is 13.4. The van der Waals surface area contributed by atoms with Crippen LogP contribution in [0.15, 0.2) is 64.4 Å². The molecule has 0 saturated carbocycles. The van der Waals surface area contributed by atoms with Gasteiger partial charge in [-0.15, -0.1) is 10.2 Å². The molecule has 0 amide bonds. The third-order valence-electron chi connectivity index (χ3n) is 4.06. The number of para-hydroxylation sites is 1. The molecule has 0 aliphatic heterocycles. The molecule has 142 valence electrons. The number of halogens is 3. The Bertz CT molecular complexity index is 1150. The van der Waals surface area contributed by atoms with E-state index in [9.17, 15) is 18.0 Å². The second-order valence-corrected chi connectivity index (χ2v) is 6.84. The number of alkyl halides is 3. The Hall–Kier alpha value is -3.07. The average molecular weight is 403 g/mol. The fourth-order valence-electron chi connectivity index (χ4n) is 2.70. The van der Waals surface area contributed by atoms with Gasteiger partial charge in [-0.2, -0.15) is 13.2 Å². The van der Waals surface area contributed by atoms with Gasteiger partial charge in [0.15, 0.2) is 5.78 Å². The zero-order valence-electron chi connectivity index (χ0n) is 14.2. The van der Waals surface area contributed by atoms with Crippen LogP contribution in [0.25, 0.3) is 22.4 Å². The smallest absolute Gasteiger partial charge is 0.411 e. The van der Waals surface area contributed by atoms with Gasteiger partial charge in [-0.1, -0.05) is 42.1 Å². The van der Waals surface area contributed by atoms with E-state index >= 15 is 0 Å². The van der Waals surface area contributed by atoms with Crippen molar-refractivity contribution in [1.29, 1.82) is 0 Å². The molecule has 0 atom stereocenters. The molecule has 0 unspecified atom stereocenters. The number of H-pyrrole nitrogens is 1. The van der Waals surface area contributed by atoms with Gasteiger partial charge in [0.05, 0.1) is 16.9 Å². The summed E-state index contributed by atoms with van der Waals surface area (Å²) in [6.45, 7) is 0. The number of nitrogens with zero attached hydrogens (tertiary/aromatic N) is 2. The SMILES string of the molecule is O=C(CSc1nnc(-c2c[nH]c3ccccc23)o1)c1cccc(C(F)(F)F)c1. The van der Waals surface area contributed by atoms with E-state index in [1.165, 1.54) is 12.1 Å². The largest absolute Gasteiger partial charge is 0.416 e. The van der Waals surface area contributed by atoms with Crippen LogP contribution in [-0.4, -0.2) is 26.7 Å². The van der Waals surface area contributed by atoms with E-state index in [0.717, 1.165) is 40.4 Å². The summed E-state index contributed by atoms with van der Waals surface area (Å²) in [7, 11) is 0. The first kappa shape index (κ1) is 18.3. The molecule has 2 aromatic carbocycles. The minimum Gasteiger partial charge on any atom is -0.411 e. The van der Waals surface area contributed by atoms with Crippen LogP contribution in [0.2, 0.25) is 0 Å². The van der Waals surface area contributed by atoms with Crippen molar-refractivity contribution >= 4 is 28.4 Å². The molecule has 2 aromatic heterocycles. The number of aromatic nitrogens is 3. The van der Waals surface area contributed by atoms with Crippen molar-refractivity contribution in [2.24, 2.45) is 0 Å². The van der Waals surface area contributed by atoms with Crippen molar-refractivity contribution < 1.29 is 22.4 Å². The number of thioether (sulfide) groups is 1. The van der Waals surface area contributed by atoms with Gasteiger partial charge < -0.3 is 9.40 Å². The quantitative estimate of drug-likeness (QED) is 0.366. The Balaban J connectivity index is 1.47. The molecule has 0 spiro atoms. The van der Waals surface area contributed by atoms with Crippen LogP contribution in [0.1, 0.15) is 15.9 Å². The number of carbonyl (C=O) groups excluding carboxylic acids is 1. The van der Waals surface area contributed by atoms with Crippen LogP contribution < -0.4 is 0 Å². The van der Waals surface area contributed by atoms with Crippen LogP contribution in [0.4, 0.5) is 13.2 Å². The number of rotatable bonds is 5. The number of carbonyl (C=O) groups is 1. The van der Waals surface area contributed by atoms with Gasteiger partial charge in [-0.25, -0.2) is 0 Å². The molecule has 0 aliphatic carbocycles. The zero-order chi connectivity index (χ0) is 19.7. The minimum atomic E-state index is -4.50. The number of hydrogen-bond acceptors (Lipinski definition) is 5. The molecular formula is C19H12F3N3O2S. The maximum atomic E-state index is 12.8. The summed E-state index contributed by atoms with van der Waals surface area (Å²) >= 11 is 0.979. The van der Waals surface area contributed by atoms with E-state index in [0.29, 0.717) is 5.89 Å². The Labute approximate surface area is 161 Å². The summed E-state index contributed by atoms with van der Waals surface area (Å²) in [5.74, 6) is -0.272. The maximum absolute atomic E-state index is 12.8. The van der Waals surface area contributed by atoms with Crippen molar-refractivity contribution in [1.82, 2.24) is 15.2 Å². The van der Waals surface area contributed by atoms with Crippen LogP contribution in [0, 0.1) is 0 Å². The molecule has 0 aliphatic rings. The normalized spacial score (nSPS) is 11.8. The first-order valence-electron chi connectivity index (χ1n) is 8.15. The van der Waals surface area contributed by atoms with Crippen molar-refractivity contribution in [2.75, 3.05) is 5.75 Å². The van der Waals surface area contributed by atoms with Crippen molar-refractivity contribution in [3.8, 4) is 11.5 Å². The van der Waals surface area contributed by atoms with Gasteiger partial charge in [-0.3, -0.25) is 4.79 Å². The molecule has 0 bridgehead atoms. The standard InChI is InChI=1S/C19H12F3N3O2S/c20-19(21,22)12-5-3-4-11(8-12)16(26)10-28-18-25-24-17(27-18)14-9-23-15-7-2-1-6-13(14)15/h1-9,23H,10H2.